The van der Waals surface area contributed by atoms with Crippen molar-refractivity contribution in [3.8, 4) is 0 Å². The fraction of sp³-hybridized carbons (Fsp3) is 0.588. The molecule has 1 saturated heterocycles. The molecule has 0 aromatic heterocycles. The number of piperidine rings is 1. The normalized spacial score (nSPS) is 17.4. The number of carbonyl (C=O) groups is 1. The Balaban J connectivity index is 1.77. The maximum Gasteiger partial charge on any atom is 0.251 e. The van der Waals surface area contributed by atoms with Gasteiger partial charge in [-0.25, -0.2) is 0 Å². The number of aryl methyl sites for hydroxylation is 1. The Morgan fingerprint density at radius 1 is 1.35 bits per heavy atom. The lowest BCUT2D eigenvalue weighted by Gasteiger charge is -2.34. The highest BCUT2D eigenvalue weighted by Gasteiger charge is 2.21. The summed E-state index contributed by atoms with van der Waals surface area (Å²) in [6.45, 7) is 9.63. The lowest BCUT2D eigenvalue weighted by atomic mass is 9.96. The summed E-state index contributed by atoms with van der Waals surface area (Å²) in [7, 11) is 0. The second kappa shape index (κ2) is 6.89. The molecule has 0 spiro atoms. The first kappa shape index (κ1) is 15.0. The molecule has 0 saturated carbocycles. The van der Waals surface area contributed by atoms with Gasteiger partial charge in [-0.1, -0.05) is 17.7 Å². The topological polar surface area (TPSA) is 32.3 Å². The van der Waals surface area contributed by atoms with Crippen LogP contribution in [0, 0.1) is 12.8 Å². The molecule has 1 aliphatic heterocycles. The van der Waals surface area contributed by atoms with Crippen LogP contribution in [0.5, 0.6) is 0 Å². The van der Waals surface area contributed by atoms with E-state index in [1.807, 2.05) is 31.2 Å². The fourth-order valence-corrected chi connectivity index (χ4v) is 2.80. The molecule has 20 heavy (non-hydrogen) atoms. The van der Waals surface area contributed by atoms with Crippen molar-refractivity contribution in [1.29, 1.82) is 0 Å². The van der Waals surface area contributed by atoms with Crippen molar-refractivity contribution in [2.45, 2.75) is 39.7 Å². The van der Waals surface area contributed by atoms with Crippen LogP contribution in [0.4, 0.5) is 0 Å². The van der Waals surface area contributed by atoms with Gasteiger partial charge >= 0.3 is 0 Å². The third kappa shape index (κ3) is 4.07. The van der Waals surface area contributed by atoms with Crippen molar-refractivity contribution < 1.29 is 4.79 Å². The average Bonchev–Trinajstić information content (AvgIpc) is 2.45. The minimum atomic E-state index is 0.0555. The maximum absolute atomic E-state index is 12.1. The lowest BCUT2D eigenvalue weighted by Crippen LogP contribution is -2.41. The second-order valence-corrected chi connectivity index (χ2v) is 6.15. The van der Waals surface area contributed by atoms with Crippen molar-refractivity contribution in [3.05, 3.63) is 35.4 Å². The van der Waals surface area contributed by atoms with Crippen LogP contribution in [0.2, 0.25) is 0 Å². The zero-order chi connectivity index (χ0) is 14.5. The minimum Gasteiger partial charge on any atom is -0.352 e. The lowest BCUT2D eigenvalue weighted by molar-refractivity contribution is 0.0929. The van der Waals surface area contributed by atoms with Gasteiger partial charge in [-0.3, -0.25) is 4.79 Å². The Bertz CT molecular complexity index is 448. The monoisotopic (exact) mass is 274 g/mol. The number of carbonyl (C=O) groups excluding carboxylic acids is 1. The molecule has 0 unspecified atom stereocenters. The van der Waals surface area contributed by atoms with E-state index in [-0.39, 0.29) is 5.91 Å². The van der Waals surface area contributed by atoms with E-state index in [0.717, 1.165) is 30.8 Å². The fourth-order valence-electron chi connectivity index (χ4n) is 2.80. The molecule has 110 valence electrons. The summed E-state index contributed by atoms with van der Waals surface area (Å²) < 4.78 is 0. The quantitative estimate of drug-likeness (QED) is 0.915. The molecule has 1 amide bonds. The highest BCUT2D eigenvalue weighted by atomic mass is 16.1. The summed E-state index contributed by atoms with van der Waals surface area (Å²) in [4.78, 5) is 14.6. The van der Waals surface area contributed by atoms with Gasteiger partial charge in [-0.15, -0.1) is 0 Å². The highest BCUT2D eigenvalue weighted by molar-refractivity contribution is 5.94. The van der Waals surface area contributed by atoms with E-state index in [1.54, 1.807) is 0 Å². The van der Waals surface area contributed by atoms with Gasteiger partial charge in [0.1, 0.15) is 0 Å². The molecule has 3 nitrogen and oxygen atoms in total. The van der Waals surface area contributed by atoms with Crippen LogP contribution in [-0.2, 0) is 0 Å². The first-order valence-corrected chi connectivity index (χ1v) is 7.65. The molecule has 3 heteroatoms. The van der Waals surface area contributed by atoms with Crippen molar-refractivity contribution in [1.82, 2.24) is 10.2 Å². The molecule has 0 radical (unpaired) electrons. The van der Waals surface area contributed by atoms with Crippen molar-refractivity contribution in [2.75, 3.05) is 19.6 Å². The van der Waals surface area contributed by atoms with Gasteiger partial charge in [0.15, 0.2) is 0 Å². The van der Waals surface area contributed by atoms with Gasteiger partial charge in [0.25, 0.3) is 5.91 Å². The van der Waals surface area contributed by atoms with Crippen LogP contribution in [0.25, 0.3) is 0 Å². The Hall–Kier alpha value is -1.35. The molecule has 1 N–H and O–H groups in total. The van der Waals surface area contributed by atoms with Gasteiger partial charge in [-0.2, -0.15) is 0 Å². The number of rotatable bonds is 4. The van der Waals surface area contributed by atoms with Gasteiger partial charge in [0.2, 0.25) is 0 Å². The summed E-state index contributed by atoms with van der Waals surface area (Å²) in [5, 5.41) is 3.08. The van der Waals surface area contributed by atoms with Crippen LogP contribution in [0.15, 0.2) is 24.3 Å². The van der Waals surface area contributed by atoms with E-state index >= 15 is 0 Å². The Labute approximate surface area is 122 Å². The van der Waals surface area contributed by atoms with Crippen LogP contribution in [0.1, 0.15) is 42.6 Å². The van der Waals surface area contributed by atoms with Crippen LogP contribution >= 0.6 is 0 Å². The predicted octanol–water partition coefficient (Wildman–Crippen LogP) is 2.85. The summed E-state index contributed by atoms with van der Waals surface area (Å²) >= 11 is 0. The number of nitrogens with zero attached hydrogens (tertiary/aromatic N) is 1. The largest absolute Gasteiger partial charge is 0.352 e. The first-order valence-electron chi connectivity index (χ1n) is 7.65. The van der Waals surface area contributed by atoms with Gasteiger partial charge < -0.3 is 10.2 Å². The predicted molar refractivity (Wildman–Crippen MR) is 82.9 cm³/mol. The molecule has 1 heterocycles. The highest BCUT2D eigenvalue weighted by Crippen LogP contribution is 2.18. The molecule has 0 atom stereocenters. The standard InChI is InChI=1S/C17H26N2O/c1-13(2)19-9-7-15(8-10-19)12-18-17(20)16-6-4-5-14(3)11-16/h4-6,11,13,15H,7-10,12H2,1-3H3,(H,18,20). The molecule has 1 aromatic carbocycles. The van der Waals surface area contributed by atoms with Crippen molar-refractivity contribution >= 4 is 5.91 Å². The van der Waals surface area contributed by atoms with Crippen LogP contribution in [-0.4, -0.2) is 36.5 Å². The molecule has 1 aromatic rings. The molecular weight excluding hydrogens is 248 g/mol. The third-order valence-corrected chi connectivity index (χ3v) is 4.21. The summed E-state index contributed by atoms with van der Waals surface area (Å²) in [6, 6.07) is 8.40. The van der Waals surface area contributed by atoms with Gasteiger partial charge in [0, 0.05) is 18.2 Å². The maximum atomic E-state index is 12.1. The molecule has 1 aliphatic rings. The number of likely N-dealkylation sites (tertiary alicyclic amines) is 1. The number of amides is 1. The number of benzene rings is 1. The Morgan fingerprint density at radius 2 is 2.05 bits per heavy atom. The minimum absolute atomic E-state index is 0.0555. The molecule has 2 rings (SSSR count). The zero-order valence-electron chi connectivity index (χ0n) is 12.9. The van der Waals surface area contributed by atoms with Crippen LogP contribution < -0.4 is 5.32 Å². The Kier molecular flexibility index (Phi) is 5.18. The first-order chi connectivity index (χ1) is 9.56. The van der Waals surface area contributed by atoms with E-state index in [0.29, 0.717) is 12.0 Å². The third-order valence-electron chi connectivity index (χ3n) is 4.21. The SMILES string of the molecule is Cc1cccc(C(=O)NCC2CCN(C(C)C)CC2)c1. The van der Waals surface area contributed by atoms with Gasteiger partial charge in [0.05, 0.1) is 0 Å². The van der Waals surface area contributed by atoms with Crippen LogP contribution in [0.3, 0.4) is 0 Å². The van der Waals surface area contributed by atoms with E-state index in [1.165, 1.54) is 12.8 Å². The number of hydrogen-bond donors (Lipinski definition) is 1. The van der Waals surface area contributed by atoms with Crippen molar-refractivity contribution in [2.24, 2.45) is 5.92 Å². The van der Waals surface area contributed by atoms with E-state index in [4.69, 9.17) is 0 Å². The summed E-state index contributed by atoms with van der Waals surface area (Å²) in [6.07, 6.45) is 2.37. The smallest absolute Gasteiger partial charge is 0.251 e. The van der Waals surface area contributed by atoms with E-state index in [9.17, 15) is 4.79 Å². The Morgan fingerprint density at radius 3 is 2.65 bits per heavy atom. The molecule has 1 fully saturated rings. The average molecular weight is 274 g/mol. The molecular formula is C17H26N2O. The number of hydrogen-bond acceptors (Lipinski definition) is 2. The zero-order valence-corrected chi connectivity index (χ0v) is 12.9. The van der Waals surface area contributed by atoms with E-state index in [2.05, 4.69) is 24.1 Å². The molecule has 0 aliphatic carbocycles. The van der Waals surface area contributed by atoms with Gasteiger partial charge in [-0.05, 0) is 64.8 Å². The molecule has 0 bridgehead atoms. The summed E-state index contributed by atoms with van der Waals surface area (Å²) in [5.41, 5.74) is 1.90. The number of nitrogens with one attached hydrogen (secondary N) is 1. The van der Waals surface area contributed by atoms with E-state index < -0.39 is 0 Å². The summed E-state index contributed by atoms with van der Waals surface area (Å²) in [5.74, 6) is 0.679. The second-order valence-electron chi connectivity index (χ2n) is 6.15. The van der Waals surface area contributed by atoms with Crippen molar-refractivity contribution in [3.63, 3.8) is 0 Å².